The van der Waals surface area contributed by atoms with Crippen molar-refractivity contribution in [3.8, 4) is 0 Å². The van der Waals surface area contributed by atoms with Gasteiger partial charge in [-0.05, 0) is 43.5 Å². The number of nitrogens with two attached hydrogens (primary N) is 1. The number of hydrogen-bond acceptors (Lipinski definition) is 3. The van der Waals surface area contributed by atoms with E-state index in [1.807, 2.05) is 0 Å². The van der Waals surface area contributed by atoms with Gasteiger partial charge in [-0.15, -0.1) is 0 Å². The summed E-state index contributed by atoms with van der Waals surface area (Å²) in [6.07, 6.45) is 1.01. The molecule has 2 rings (SSSR count). The van der Waals surface area contributed by atoms with Crippen molar-refractivity contribution in [1.82, 2.24) is 0 Å². The summed E-state index contributed by atoms with van der Waals surface area (Å²) in [5, 5.41) is 7.75. The Hall–Kier alpha value is -1.84. The van der Waals surface area contributed by atoms with Crippen LogP contribution in [0.1, 0.15) is 25.0 Å². The molecule has 0 spiro atoms. The minimum Gasteiger partial charge on any atom is -0.395 e. The van der Waals surface area contributed by atoms with Crippen molar-refractivity contribution in [2.45, 2.75) is 26.3 Å². The number of hydrogen-bond donors (Lipinski definition) is 2. The van der Waals surface area contributed by atoms with Crippen molar-refractivity contribution in [1.29, 1.82) is 0 Å². The van der Waals surface area contributed by atoms with Gasteiger partial charge in [0.1, 0.15) is 0 Å². The third kappa shape index (κ3) is 6.29. The highest BCUT2D eigenvalue weighted by Crippen LogP contribution is 2.17. The Morgan fingerprint density at radius 1 is 0.955 bits per heavy atom. The van der Waals surface area contributed by atoms with Crippen LogP contribution in [0.5, 0.6) is 0 Å². The van der Waals surface area contributed by atoms with Gasteiger partial charge >= 0.3 is 0 Å². The molecule has 0 fully saturated rings. The summed E-state index contributed by atoms with van der Waals surface area (Å²) in [5.74, 6) is 0. The van der Waals surface area contributed by atoms with Gasteiger partial charge in [-0.25, -0.2) is 0 Å². The number of benzene rings is 2. The highest BCUT2D eigenvalue weighted by Gasteiger charge is 2.04. The molecule has 3 heteroatoms. The number of rotatable bonds is 5. The van der Waals surface area contributed by atoms with Crippen LogP contribution >= 0.6 is 0 Å². The molecule has 0 saturated heterocycles. The van der Waals surface area contributed by atoms with Crippen LogP contribution in [0.3, 0.4) is 0 Å². The summed E-state index contributed by atoms with van der Waals surface area (Å²) in [5.41, 5.74) is 8.78. The fourth-order valence-electron chi connectivity index (χ4n) is 1.98. The molecule has 0 saturated carbocycles. The first-order valence-corrected chi connectivity index (χ1v) is 7.75. The normalized spacial score (nSPS) is 10.1. The van der Waals surface area contributed by atoms with E-state index in [-0.39, 0.29) is 6.61 Å². The van der Waals surface area contributed by atoms with E-state index in [4.69, 9.17) is 10.8 Å². The van der Waals surface area contributed by atoms with E-state index in [0.29, 0.717) is 12.6 Å². The van der Waals surface area contributed by atoms with E-state index >= 15 is 0 Å². The number of aliphatic hydroxyl groups is 1. The molecule has 0 aliphatic rings. The predicted octanol–water partition coefficient (Wildman–Crippen LogP) is 3.06. The van der Waals surface area contributed by atoms with Crippen LogP contribution < -0.4 is 10.6 Å². The maximum absolute atomic E-state index is 7.75. The lowest BCUT2D eigenvalue weighted by molar-refractivity contribution is 0.306. The second-order valence-electron chi connectivity index (χ2n) is 5.55. The van der Waals surface area contributed by atoms with E-state index in [1.165, 1.54) is 16.8 Å². The molecule has 0 aliphatic carbocycles. The zero-order valence-electron chi connectivity index (χ0n) is 13.9. The summed E-state index contributed by atoms with van der Waals surface area (Å²) in [6.45, 7) is 4.88. The van der Waals surface area contributed by atoms with Gasteiger partial charge in [0.05, 0.1) is 6.61 Å². The Labute approximate surface area is 134 Å². The molecule has 0 unspecified atom stereocenters. The van der Waals surface area contributed by atoms with Crippen molar-refractivity contribution in [3.05, 3.63) is 65.7 Å². The van der Waals surface area contributed by atoms with Gasteiger partial charge in [-0.2, -0.15) is 0 Å². The Balaban J connectivity index is 0.000000541. The van der Waals surface area contributed by atoms with E-state index < -0.39 is 0 Å². The fraction of sp³-hybridized carbons (Fsp3) is 0.368. The molecule has 120 valence electrons. The van der Waals surface area contributed by atoms with E-state index in [1.54, 1.807) is 0 Å². The molecule has 0 atom stereocenters. The monoisotopic (exact) mass is 300 g/mol. The smallest absolute Gasteiger partial charge is 0.0553 e. The first kappa shape index (κ1) is 18.2. The van der Waals surface area contributed by atoms with Gasteiger partial charge in [0.15, 0.2) is 0 Å². The van der Waals surface area contributed by atoms with Gasteiger partial charge < -0.3 is 15.7 Å². The highest BCUT2D eigenvalue weighted by atomic mass is 16.3. The minimum absolute atomic E-state index is 0.0972. The van der Waals surface area contributed by atoms with Gasteiger partial charge in [0, 0.05) is 25.3 Å². The SMILES string of the molecule is CC(C)N(C)c1ccc(Cc2ccccc2)cc1.NCCO. The summed E-state index contributed by atoms with van der Waals surface area (Å²) >= 11 is 0. The van der Waals surface area contributed by atoms with Crippen molar-refractivity contribution in [2.75, 3.05) is 25.1 Å². The zero-order chi connectivity index (χ0) is 16.4. The maximum atomic E-state index is 7.75. The number of anilines is 1. The largest absolute Gasteiger partial charge is 0.395 e. The summed E-state index contributed by atoms with van der Waals surface area (Å²) in [4.78, 5) is 2.28. The van der Waals surface area contributed by atoms with Crippen LogP contribution in [0.2, 0.25) is 0 Å². The third-order valence-corrected chi connectivity index (χ3v) is 3.50. The Kier molecular flexibility index (Phi) is 8.26. The van der Waals surface area contributed by atoms with Crippen LogP contribution in [0.4, 0.5) is 5.69 Å². The zero-order valence-corrected chi connectivity index (χ0v) is 13.9. The number of aliphatic hydroxyl groups excluding tert-OH is 1. The molecule has 3 nitrogen and oxygen atoms in total. The van der Waals surface area contributed by atoms with E-state index in [0.717, 1.165) is 6.42 Å². The average Bonchev–Trinajstić information content (AvgIpc) is 2.56. The lowest BCUT2D eigenvalue weighted by atomic mass is 10.0. The van der Waals surface area contributed by atoms with E-state index in [2.05, 4.69) is 80.4 Å². The van der Waals surface area contributed by atoms with Crippen LogP contribution in [-0.4, -0.2) is 31.3 Å². The Morgan fingerprint density at radius 2 is 1.45 bits per heavy atom. The molecule has 3 N–H and O–H groups in total. The van der Waals surface area contributed by atoms with Crippen LogP contribution in [0.25, 0.3) is 0 Å². The first-order chi connectivity index (χ1) is 10.6. The lowest BCUT2D eigenvalue weighted by Crippen LogP contribution is -2.25. The topological polar surface area (TPSA) is 49.5 Å². The molecule has 0 radical (unpaired) electrons. The van der Waals surface area contributed by atoms with Crippen LogP contribution in [0.15, 0.2) is 54.6 Å². The Morgan fingerprint density at radius 3 is 1.91 bits per heavy atom. The summed E-state index contributed by atoms with van der Waals surface area (Å²) in [6, 6.07) is 20.0. The van der Waals surface area contributed by atoms with Crippen molar-refractivity contribution >= 4 is 5.69 Å². The van der Waals surface area contributed by atoms with Gasteiger partial charge in [0.25, 0.3) is 0 Å². The molecule has 0 aliphatic heterocycles. The summed E-state index contributed by atoms with van der Waals surface area (Å²) < 4.78 is 0. The van der Waals surface area contributed by atoms with Crippen LogP contribution in [0, 0.1) is 0 Å². The molecule has 2 aromatic carbocycles. The Bertz CT molecular complexity index is 507. The molecule has 0 heterocycles. The molecule has 2 aromatic rings. The standard InChI is InChI=1S/C17H21N.C2H7NO/c1-14(2)18(3)17-11-9-16(10-12-17)13-15-7-5-4-6-8-15;3-1-2-4/h4-12,14H,13H2,1-3H3;4H,1-3H2. The molecular weight excluding hydrogens is 272 g/mol. The molecule has 22 heavy (non-hydrogen) atoms. The van der Waals surface area contributed by atoms with Crippen molar-refractivity contribution in [2.24, 2.45) is 5.73 Å². The molecule has 0 bridgehead atoms. The number of nitrogens with zero attached hydrogens (tertiary/aromatic N) is 1. The summed E-state index contributed by atoms with van der Waals surface area (Å²) in [7, 11) is 2.14. The van der Waals surface area contributed by atoms with Gasteiger partial charge in [-0.1, -0.05) is 42.5 Å². The van der Waals surface area contributed by atoms with Crippen molar-refractivity contribution in [3.63, 3.8) is 0 Å². The first-order valence-electron chi connectivity index (χ1n) is 7.75. The lowest BCUT2D eigenvalue weighted by Gasteiger charge is -2.23. The van der Waals surface area contributed by atoms with E-state index in [9.17, 15) is 0 Å². The highest BCUT2D eigenvalue weighted by molar-refractivity contribution is 5.48. The average molecular weight is 300 g/mol. The van der Waals surface area contributed by atoms with Crippen molar-refractivity contribution < 1.29 is 5.11 Å². The quantitative estimate of drug-likeness (QED) is 0.892. The fourth-order valence-corrected chi connectivity index (χ4v) is 1.98. The second kappa shape index (κ2) is 9.98. The van der Waals surface area contributed by atoms with Gasteiger partial charge in [-0.3, -0.25) is 0 Å². The third-order valence-electron chi connectivity index (χ3n) is 3.50. The van der Waals surface area contributed by atoms with Gasteiger partial charge in [0.2, 0.25) is 0 Å². The predicted molar refractivity (Wildman–Crippen MR) is 95.4 cm³/mol. The molecular formula is C19H28N2O. The molecule has 0 amide bonds. The minimum atomic E-state index is 0.0972. The second-order valence-corrected chi connectivity index (χ2v) is 5.55. The van der Waals surface area contributed by atoms with Crippen LogP contribution in [-0.2, 0) is 6.42 Å². The maximum Gasteiger partial charge on any atom is 0.0553 e. The molecule has 0 aromatic heterocycles.